The number of alkyl halides is 6. The van der Waals surface area contributed by atoms with E-state index in [9.17, 15) is 46.0 Å². The number of halogens is 6. The summed E-state index contributed by atoms with van der Waals surface area (Å²) < 4.78 is 82.6. The zero-order valence-corrected chi connectivity index (χ0v) is 19.2. The number of carbonyl (C=O) groups is 1. The number of rotatable bonds is 4. The molecule has 0 aliphatic carbocycles. The van der Waals surface area contributed by atoms with Gasteiger partial charge in [-0.3, -0.25) is 14.9 Å². The van der Waals surface area contributed by atoms with Crippen LogP contribution in [0.5, 0.6) is 0 Å². The number of ether oxygens (including phenoxy) is 1. The first kappa shape index (κ1) is 26.3. The summed E-state index contributed by atoms with van der Waals surface area (Å²) in [5.41, 5.74) is -4.21. The van der Waals surface area contributed by atoms with Gasteiger partial charge in [0.2, 0.25) is 0 Å². The summed E-state index contributed by atoms with van der Waals surface area (Å²) in [7, 11) is 0. The van der Waals surface area contributed by atoms with E-state index in [0.29, 0.717) is 23.5 Å². The summed E-state index contributed by atoms with van der Waals surface area (Å²) in [6.07, 6.45) is -9.52. The van der Waals surface area contributed by atoms with Gasteiger partial charge >= 0.3 is 18.3 Å². The van der Waals surface area contributed by atoms with Gasteiger partial charge in [-0.25, -0.2) is 4.79 Å². The fourth-order valence-corrected chi connectivity index (χ4v) is 4.87. The number of piperidine rings is 1. The van der Waals surface area contributed by atoms with E-state index in [1.807, 2.05) is 0 Å². The minimum Gasteiger partial charge on any atom is -0.459 e. The molecule has 0 unspecified atom stereocenters. The second kappa shape index (κ2) is 9.61. The van der Waals surface area contributed by atoms with Gasteiger partial charge in [0.1, 0.15) is 10.8 Å². The fraction of sp³-hybridized carbons (Fsp3) is 0.318. The predicted molar refractivity (Wildman–Crippen MR) is 120 cm³/mol. The average Bonchev–Trinajstić information content (AvgIpc) is 2.82. The van der Waals surface area contributed by atoms with Gasteiger partial charge in [-0.05, 0) is 30.3 Å². The van der Waals surface area contributed by atoms with E-state index >= 15 is 0 Å². The predicted octanol–water partition coefficient (Wildman–Crippen LogP) is 5.43. The summed E-state index contributed by atoms with van der Waals surface area (Å²) in [5, 5.41) is 11.0. The van der Waals surface area contributed by atoms with Crippen molar-refractivity contribution >= 4 is 38.2 Å². The zero-order valence-electron chi connectivity index (χ0n) is 18.4. The summed E-state index contributed by atoms with van der Waals surface area (Å²) in [6.45, 7) is 0.404. The number of non-ortho nitro benzene ring substituents is 1. The molecule has 0 amide bonds. The summed E-state index contributed by atoms with van der Waals surface area (Å²) in [5.74, 6) is -0.809. The normalized spacial score (nSPS) is 15.1. The Morgan fingerprint density at radius 1 is 1.03 bits per heavy atom. The van der Waals surface area contributed by atoms with E-state index < -0.39 is 57.1 Å². The highest BCUT2D eigenvalue weighted by atomic mass is 32.1. The summed E-state index contributed by atoms with van der Waals surface area (Å²) >= 11 is 0.703. The Morgan fingerprint density at radius 2 is 1.62 bits per heavy atom. The molecule has 1 saturated heterocycles. The lowest BCUT2D eigenvalue weighted by Crippen LogP contribution is -2.38. The molecule has 0 radical (unpaired) electrons. The molecular formula is C22H15F6N3O5S. The Balaban J connectivity index is 1.49. The van der Waals surface area contributed by atoms with Gasteiger partial charge in [-0.2, -0.15) is 31.3 Å². The minimum atomic E-state index is -4.89. The average molecular weight is 547 g/mol. The first-order valence-electron chi connectivity index (χ1n) is 10.6. The summed E-state index contributed by atoms with van der Waals surface area (Å²) in [4.78, 5) is 40.6. The number of benzene rings is 2. The second-order valence-electron chi connectivity index (χ2n) is 8.10. The molecule has 3 aromatic rings. The highest BCUT2D eigenvalue weighted by molar-refractivity contribution is 7.22. The van der Waals surface area contributed by atoms with Crippen LogP contribution < -0.4 is 10.5 Å². The number of fused-ring (bicyclic) bond motifs is 1. The monoisotopic (exact) mass is 547 g/mol. The van der Waals surface area contributed by atoms with E-state index in [1.165, 1.54) is 0 Å². The molecular weight excluding hydrogens is 532 g/mol. The molecule has 1 fully saturated rings. The molecule has 2 aromatic carbocycles. The van der Waals surface area contributed by atoms with Crippen molar-refractivity contribution < 1.29 is 40.8 Å². The summed E-state index contributed by atoms with van der Waals surface area (Å²) in [6, 6.07) is 4.45. The molecule has 0 saturated carbocycles. The molecule has 0 atom stereocenters. The molecule has 1 aliphatic heterocycles. The maximum atomic E-state index is 13.1. The highest BCUT2D eigenvalue weighted by Crippen LogP contribution is 2.38. The number of esters is 1. The number of hydrogen-bond acceptors (Lipinski definition) is 8. The van der Waals surface area contributed by atoms with Crippen LogP contribution in [0.3, 0.4) is 0 Å². The molecule has 196 valence electrons. The van der Waals surface area contributed by atoms with Gasteiger partial charge in [0, 0.05) is 32.0 Å². The van der Waals surface area contributed by atoms with Gasteiger partial charge in [0.15, 0.2) is 5.13 Å². The lowest BCUT2D eigenvalue weighted by Gasteiger charge is -2.31. The zero-order chi connectivity index (χ0) is 27.1. The molecule has 8 nitrogen and oxygen atoms in total. The van der Waals surface area contributed by atoms with Crippen molar-refractivity contribution in [3.8, 4) is 0 Å². The van der Waals surface area contributed by atoms with Crippen molar-refractivity contribution in [2.24, 2.45) is 0 Å². The van der Waals surface area contributed by atoms with E-state index in [0.717, 1.165) is 24.3 Å². The molecule has 37 heavy (non-hydrogen) atoms. The molecule has 4 rings (SSSR count). The number of nitrogens with zero attached hydrogens (tertiary/aromatic N) is 3. The Bertz CT molecular complexity index is 1410. The first-order valence-corrected chi connectivity index (χ1v) is 11.4. The van der Waals surface area contributed by atoms with Crippen LogP contribution in [0, 0.1) is 10.1 Å². The van der Waals surface area contributed by atoms with Crippen LogP contribution in [-0.2, 0) is 17.1 Å². The second-order valence-corrected chi connectivity index (χ2v) is 9.07. The number of anilines is 1. The Labute approximate surface area is 207 Å². The minimum absolute atomic E-state index is 0.0598. The standard InChI is InChI=1S/C22H15F6N3O5S/c23-21(24,25)12-3-1-11(2-4-12)19(33)36-14-5-7-30(8-6-14)20-29-18(32)15-9-13(22(26,27)28)10-16(31(34)35)17(15)37-20/h1-4,9-10,14H,5-8H2. The number of hydrogen-bond donors (Lipinski definition) is 0. The van der Waals surface area contributed by atoms with E-state index in [1.54, 1.807) is 4.90 Å². The lowest BCUT2D eigenvalue weighted by molar-refractivity contribution is -0.383. The maximum absolute atomic E-state index is 13.1. The molecule has 2 heterocycles. The largest absolute Gasteiger partial charge is 0.459 e. The number of nitro benzene ring substituents is 1. The van der Waals surface area contributed by atoms with Crippen LogP contribution in [0.4, 0.5) is 37.2 Å². The molecule has 1 aliphatic rings. The van der Waals surface area contributed by atoms with Gasteiger partial charge in [-0.15, -0.1) is 0 Å². The number of nitro groups is 1. The SMILES string of the molecule is O=C(OC1CCN(c2nc(=O)c3cc(C(F)(F)F)cc([N+](=O)[O-])c3s2)CC1)c1ccc(C(F)(F)F)cc1. The third kappa shape index (κ3) is 5.65. The Morgan fingerprint density at radius 3 is 2.16 bits per heavy atom. The molecule has 15 heteroatoms. The maximum Gasteiger partial charge on any atom is 0.416 e. The molecule has 0 bridgehead atoms. The third-order valence-corrected chi connectivity index (χ3v) is 6.81. The Hall–Kier alpha value is -3.75. The van der Waals surface area contributed by atoms with Crippen molar-refractivity contribution in [1.29, 1.82) is 0 Å². The van der Waals surface area contributed by atoms with Crippen molar-refractivity contribution in [3.63, 3.8) is 0 Å². The van der Waals surface area contributed by atoms with Crippen molar-refractivity contribution in [2.45, 2.75) is 31.3 Å². The smallest absolute Gasteiger partial charge is 0.416 e. The quantitative estimate of drug-likeness (QED) is 0.186. The van der Waals surface area contributed by atoms with Gasteiger partial charge in [0.05, 0.1) is 27.0 Å². The van der Waals surface area contributed by atoms with E-state index in [2.05, 4.69) is 4.98 Å². The topological polar surface area (TPSA) is 103 Å². The number of carbonyl (C=O) groups excluding carboxylic acids is 1. The van der Waals surface area contributed by atoms with Crippen LogP contribution in [0.25, 0.3) is 10.1 Å². The fourth-order valence-electron chi connectivity index (χ4n) is 3.76. The molecule has 0 N–H and O–H groups in total. The van der Waals surface area contributed by atoms with Crippen molar-refractivity contribution in [2.75, 3.05) is 18.0 Å². The van der Waals surface area contributed by atoms with Gasteiger partial charge < -0.3 is 9.64 Å². The van der Waals surface area contributed by atoms with Gasteiger partial charge in [-0.1, -0.05) is 11.3 Å². The van der Waals surface area contributed by atoms with Crippen molar-refractivity contribution in [1.82, 2.24) is 4.98 Å². The molecule has 1 aromatic heterocycles. The molecule has 0 spiro atoms. The Kier molecular flexibility index (Phi) is 6.83. The highest BCUT2D eigenvalue weighted by Gasteiger charge is 2.35. The van der Waals surface area contributed by atoms with Crippen LogP contribution in [0.1, 0.15) is 34.3 Å². The van der Waals surface area contributed by atoms with Crippen LogP contribution >= 0.6 is 11.3 Å². The van der Waals surface area contributed by atoms with Gasteiger partial charge in [0.25, 0.3) is 11.2 Å². The number of aromatic nitrogens is 1. The first-order chi connectivity index (χ1) is 17.2. The van der Waals surface area contributed by atoms with Crippen molar-refractivity contribution in [3.05, 3.63) is 73.6 Å². The lowest BCUT2D eigenvalue weighted by atomic mass is 10.1. The van der Waals surface area contributed by atoms with Crippen LogP contribution in [0.15, 0.2) is 41.2 Å². The van der Waals surface area contributed by atoms with Crippen LogP contribution in [0.2, 0.25) is 0 Å². The van der Waals surface area contributed by atoms with Crippen LogP contribution in [-0.4, -0.2) is 35.1 Å². The van der Waals surface area contributed by atoms with E-state index in [4.69, 9.17) is 4.74 Å². The third-order valence-electron chi connectivity index (χ3n) is 5.65. The van der Waals surface area contributed by atoms with E-state index in [-0.39, 0.29) is 41.3 Å².